The Balaban J connectivity index is 1.37. The number of carboxylic acid groups (broad SMARTS) is 1. The van der Waals surface area contributed by atoms with E-state index in [-0.39, 0.29) is 12.5 Å². The van der Waals surface area contributed by atoms with E-state index < -0.39 is 5.97 Å². The van der Waals surface area contributed by atoms with Gasteiger partial charge in [0.05, 0.1) is 34.2 Å². The lowest BCUT2D eigenvalue weighted by Crippen LogP contribution is -2.37. The lowest BCUT2D eigenvalue weighted by molar-refractivity contribution is -0.132. The summed E-state index contributed by atoms with van der Waals surface area (Å²) in [6.07, 6.45) is 8.92. The summed E-state index contributed by atoms with van der Waals surface area (Å²) in [6.45, 7) is 1.78. The van der Waals surface area contributed by atoms with Crippen LogP contribution in [0.25, 0.3) is 43.6 Å². The molecular formula is C36H37N3O4S. The van der Waals surface area contributed by atoms with Gasteiger partial charge in [-0.2, -0.15) is 0 Å². The second kappa shape index (κ2) is 12.1. The molecule has 226 valence electrons. The number of benzene rings is 2. The first-order valence-electron chi connectivity index (χ1n) is 15.7. The third-order valence-electron chi connectivity index (χ3n) is 9.33. The Kier molecular flexibility index (Phi) is 7.85. The summed E-state index contributed by atoms with van der Waals surface area (Å²) < 4.78 is 8.56. The highest BCUT2D eigenvalue weighted by atomic mass is 32.1. The Bertz CT molecular complexity index is 1860. The summed E-state index contributed by atoms with van der Waals surface area (Å²) in [7, 11) is 1.67. The number of fused-ring (bicyclic) bond motifs is 2. The fourth-order valence-electron chi connectivity index (χ4n) is 7.09. The second-order valence-corrected chi connectivity index (χ2v) is 13.1. The summed E-state index contributed by atoms with van der Waals surface area (Å²) in [5.41, 5.74) is 6.94. The van der Waals surface area contributed by atoms with Crippen molar-refractivity contribution in [2.75, 3.05) is 20.2 Å². The number of thiophene rings is 1. The third-order valence-corrected chi connectivity index (χ3v) is 10.5. The van der Waals surface area contributed by atoms with Crippen LogP contribution >= 0.6 is 11.3 Å². The van der Waals surface area contributed by atoms with Crippen molar-refractivity contribution in [3.63, 3.8) is 0 Å². The number of carbonyl (C=O) groups excluding carboxylic acids is 1. The molecule has 44 heavy (non-hydrogen) atoms. The number of amides is 1. The molecule has 3 aromatic heterocycles. The summed E-state index contributed by atoms with van der Waals surface area (Å²) in [5.74, 6) is 0.310. The SMILES string of the molecule is COc1cccc(-c2ccc3cc(-c4c(C5CCCCC5)c5sc(C(=O)O)cc5n4CC(=O)N4CCCCC4)ccc3n2)c1. The molecule has 0 unspecified atom stereocenters. The number of ether oxygens (including phenoxy) is 1. The van der Waals surface area contributed by atoms with Crippen molar-refractivity contribution < 1.29 is 19.4 Å². The summed E-state index contributed by atoms with van der Waals surface area (Å²) in [5, 5.41) is 11.0. The highest BCUT2D eigenvalue weighted by molar-refractivity contribution is 7.21. The molecule has 1 aliphatic carbocycles. The molecule has 2 aromatic carbocycles. The molecule has 7 nitrogen and oxygen atoms in total. The average Bonchev–Trinajstić information content (AvgIpc) is 3.63. The number of methoxy groups -OCH3 is 1. The molecule has 2 fully saturated rings. The maximum Gasteiger partial charge on any atom is 0.345 e. The molecule has 4 heterocycles. The number of piperidine rings is 1. The minimum Gasteiger partial charge on any atom is -0.497 e. The van der Waals surface area contributed by atoms with E-state index in [4.69, 9.17) is 9.72 Å². The second-order valence-electron chi connectivity index (χ2n) is 12.1. The van der Waals surface area contributed by atoms with Crippen molar-refractivity contribution in [1.29, 1.82) is 0 Å². The Labute approximate surface area is 261 Å². The van der Waals surface area contributed by atoms with E-state index in [1.165, 1.54) is 23.3 Å². The van der Waals surface area contributed by atoms with Crippen LogP contribution in [0, 0.1) is 0 Å². The van der Waals surface area contributed by atoms with Gasteiger partial charge in [0, 0.05) is 24.0 Å². The van der Waals surface area contributed by atoms with Crippen molar-refractivity contribution in [3.05, 3.63) is 71.1 Å². The van der Waals surface area contributed by atoms with Crippen LogP contribution in [0.3, 0.4) is 0 Å². The monoisotopic (exact) mass is 607 g/mol. The lowest BCUT2D eigenvalue weighted by atomic mass is 9.83. The minimum atomic E-state index is -0.917. The van der Waals surface area contributed by atoms with E-state index in [2.05, 4.69) is 28.8 Å². The number of pyridine rings is 1. The van der Waals surface area contributed by atoms with Gasteiger partial charge in [-0.3, -0.25) is 4.79 Å². The fraction of sp³-hybridized carbons (Fsp3) is 0.361. The minimum absolute atomic E-state index is 0.103. The molecule has 0 radical (unpaired) electrons. The fourth-order valence-corrected chi connectivity index (χ4v) is 8.22. The number of nitrogens with zero attached hydrogens (tertiary/aromatic N) is 3. The zero-order valence-electron chi connectivity index (χ0n) is 25.1. The maximum absolute atomic E-state index is 13.7. The molecule has 1 N–H and O–H groups in total. The normalized spacial score (nSPS) is 16.1. The van der Waals surface area contributed by atoms with Gasteiger partial charge in [0.15, 0.2) is 0 Å². The summed E-state index contributed by atoms with van der Waals surface area (Å²) in [4.78, 5) is 33.1. The van der Waals surface area contributed by atoms with Crippen molar-refractivity contribution in [3.8, 4) is 28.3 Å². The highest BCUT2D eigenvalue weighted by Crippen LogP contribution is 2.47. The number of rotatable bonds is 7. The predicted octanol–water partition coefficient (Wildman–Crippen LogP) is 8.35. The van der Waals surface area contributed by atoms with Crippen LogP contribution < -0.4 is 4.74 Å². The molecule has 0 spiro atoms. The van der Waals surface area contributed by atoms with E-state index in [0.717, 1.165) is 107 Å². The van der Waals surface area contributed by atoms with Crippen LogP contribution in [0.4, 0.5) is 0 Å². The summed E-state index contributed by atoms with van der Waals surface area (Å²) >= 11 is 1.36. The number of aromatic nitrogens is 2. The average molecular weight is 608 g/mol. The number of carboxylic acids is 1. The zero-order chi connectivity index (χ0) is 30.2. The number of aromatic carboxylic acids is 1. The van der Waals surface area contributed by atoms with Crippen molar-refractivity contribution in [1.82, 2.24) is 14.5 Å². The molecule has 0 bridgehead atoms. The van der Waals surface area contributed by atoms with Gasteiger partial charge in [-0.1, -0.05) is 43.5 Å². The van der Waals surface area contributed by atoms with E-state index in [0.29, 0.717) is 10.8 Å². The Morgan fingerprint density at radius 2 is 1.73 bits per heavy atom. The van der Waals surface area contributed by atoms with E-state index >= 15 is 0 Å². The third kappa shape index (κ3) is 5.36. The van der Waals surface area contributed by atoms with Crippen LogP contribution in [0.5, 0.6) is 5.75 Å². The molecule has 1 saturated carbocycles. The topological polar surface area (TPSA) is 84.7 Å². The van der Waals surface area contributed by atoms with Gasteiger partial charge in [-0.05, 0) is 85.5 Å². The molecule has 1 aliphatic heterocycles. The number of hydrogen-bond acceptors (Lipinski definition) is 5. The predicted molar refractivity (Wildman–Crippen MR) is 176 cm³/mol. The van der Waals surface area contributed by atoms with Crippen molar-refractivity contribution in [2.45, 2.75) is 63.8 Å². The van der Waals surface area contributed by atoms with Crippen LogP contribution in [0.1, 0.15) is 72.5 Å². The lowest BCUT2D eigenvalue weighted by Gasteiger charge is -2.28. The number of likely N-dealkylation sites (tertiary alicyclic amines) is 1. The van der Waals surface area contributed by atoms with Gasteiger partial charge < -0.3 is 19.3 Å². The van der Waals surface area contributed by atoms with Gasteiger partial charge in [-0.25, -0.2) is 9.78 Å². The Morgan fingerprint density at radius 3 is 2.50 bits per heavy atom. The molecule has 1 amide bonds. The summed E-state index contributed by atoms with van der Waals surface area (Å²) in [6, 6.07) is 20.2. The van der Waals surface area contributed by atoms with Crippen LogP contribution in [0.15, 0.2) is 60.7 Å². The number of hydrogen-bond donors (Lipinski definition) is 1. The van der Waals surface area contributed by atoms with Crippen LogP contribution in [-0.4, -0.2) is 51.6 Å². The van der Waals surface area contributed by atoms with Crippen molar-refractivity contribution in [2.24, 2.45) is 0 Å². The zero-order valence-corrected chi connectivity index (χ0v) is 25.9. The first kappa shape index (κ1) is 28.6. The first-order valence-corrected chi connectivity index (χ1v) is 16.5. The largest absolute Gasteiger partial charge is 0.497 e. The van der Waals surface area contributed by atoms with Gasteiger partial charge in [0.1, 0.15) is 17.2 Å². The smallest absolute Gasteiger partial charge is 0.345 e. The molecule has 5 aromatic rings. The first-order chi connectivity index (χ1) is 21.5. The Morgan fingerprint density at radius 1 is 0.932 bits per heavy atom. The number of carbonyl (C=O) groups is 2. The van der Waals surface area contributed by atoms with Crippen molar-refractivity contribution >= 4 is 44.3 Å². The molecule has 1 saturated heterocycles. The highest BCUT2D eigenvalue weighted by Gasteiger charge is 2.30. The van der Waals surface area contributed by atoms with Gasteiger partial charge in [0.2, 0.25) is 5.91 Å². The molecular weight excluding hydrogens is 570 g/mol. The quantitative estimate of drug-likeness (QED) is 0.201. The standard InChI is InChI=1S/C36H37N3O4S/c1-43-27-12-8-11-24(20-27)28-15-13-25-19-26(14-16-29(25)37-28)34-33(23-9-4-2-5-10-23)35-30(21-31(44-35)36(41)42)39(34)22-32(40)38-17-6-3-7-18-38/h8,11-16,19-21,23H,2-7,9-10,17-18,22H2,1H3,(H,41,42). The maximum atomic E-state index is 13.7. The van der Waals surface area contributed by atoms with E-state index in [1.54, 1.807) is 13.2 Å². The molecule has 2 aliphatic rings. The van der Waals surface area contributed by atoms with E-state index in [9.17, 15) is 14.7 Å². The van der Waals surface area contributed by atoms with Crippen LogP contribution in [0.2, 0.25) is 0 Å². The Hall–Kier alpha value is -4.17. The van der Waals surface area contributed by atoms with E-state index in [1.807, 2.05) is 35.2 Å². The van der Waals surface area contributed by atoms with Gasteiger partial charge in [0.25, 0.3) is 0 Å². The molecule has 8 heteroatoms. The van der Waals surface area contributed by atoms with Gasteiger partial charge in [-0.15, -0.1) is 11.3 Å². The molecule has 0 atom stereocenters. The van der Waals surface area contributed by atoms with Gasteiger partial charge >= 0.3 is 5.97 Å². The van der Waals surface area contributed by atoms with Crippen LogP contribution in [-0.2, 0) is 11.3 Å². The molecule has 7 rings (SSSR count).